The predicted octanol–water partition coefficient (Wildman–Crippen LogP) is -0.0919. The van der Waals surface area contributed by atoms with Gasteiger partial charge in [0, 0.05) is 11.9 Å². The molecular weight excluding hydrogens is 118 g/mol. The fourth-order valence-electron chi connectivity index (χ4n) is 0.583. The molecule has 0 aromatic heterocycles. The van der Waals surface area contributed by atoms with E-state index < -0.39 is 6.29 Å². The summed E-state index contributed by atoms with van der Waals surface area (Å²) in [5, 5.41) is 9.66. The fraction of sp³-hybridized carbons (Fsp3) is 0.400. The molecule has 50 valence electrons. The highest BCUT2D eigenvalue weighted by atomic mass is 16.5. The summed E-state index contributed by atoms with van der Waals surface area (Å²) in [6.45, 7) is 1.82. The van der Waals surface area contributed by atoms with E-state index in [1.54, 1.807) is 6.08 Å². The monoisotopic (exact) mass is 127 g/mol. The number of aliphatic imine (C=N–C) groups is 1. The number of nitrogens with zero attached hydrogens (tertiary/aromatic N) is 2. The first-order chi connectivity index (χ1) is 4.20. The summed E-state index contributed by atoms with van der Waals surface area (Å²) >= 11 is 0. The van der Waals surface area contributed by atoms with Crippen LogP contribution in [0.5, 0.6) is 0 Å². The Labute approximate surface area is 53.2 Å². The first-order valence-corrected chi connectivity index (χ1v) is 2.65. The van der Waals surface area contributed by atoms with Crippen LogP contribution in [0.3, 0.4) is 0 Å². The average Bonchev–Trinajstić information content (AvgIpc) is 1.80. The third-order valence-corrected chi connectivity index (χ3v) is 1.08. The molecule has 0 bridgehead atoms. The first kappa shape index (κ1) is 6.25. The second-order valence-electron chi connectivity index (χ2n) is 1.88. The first-order valence-electron chi connectivity index (χ1n) is 2.65. The van der Waals surface area contributed by atoms with Crippen LogP contribution in [0.15, 0.2) is 17.3 Å². The molecule has 0 aromatic carbocycles. The van der Waals surface area contributed by atoms with Crippen molar-refractivity contribution < 1.29 is 5.21 Å². The molecular formula is C5H9N3O. The van der Waals surface area contributed by atoms with Gasteiger partial charge in [0.1, 0.15) is 0 Å². The Morgan fingerprint density at radius 1 is 1.89 bits per heavy atom. The second-order valence-corrected chi connectivity index (χ2v) is 1.88. The van der Waals surface area contributed by atoms with Gasteiger partial charge in [-0.25, -0.2) is 10.1 Å². The maximum atomic E-state index is 8.81. The summed E-state index contributed by atoms with van der Waals surface area (Å²) in [5.74, 6) is 0. The minimum Gasteiger partial charge on any atom is -0.291 e. The largest absolute Gasteiger partial charge is 0.291 e. The molecule has 0 radical (unpaired) electrons. The number of rotatable bonds is 0. The lowest BCUT2D eigenvalue weighted by Crippen LogP contribution is -2.36. The quantitative estimate of drug-likeness (QED) is 0.478. The van der Waals surface area contributed by atoms with Gasteiger partial charge in [-0.2, -0.15) is 0 Å². The highest BCUT2D eigenvalue weighted by molar-refractivity contribution is 5.93. The zero-order valence-corrected chi connectivity index (χ0v) is 5.15. The summed E-state index contributed by atoms with van der Waals surface area (Å²) in [6, 6.07) is 0. The van der Waals surface area contributed by atoms with Crippen molar-refractivity contribution in [3.63, 3.8) is 0 Å². The highest BCUT2D eigenvalue weighted by Crippen LogP contribution is 1.99. The molecule has 0 aliphatic carbocycles. The third-order valence-electron chi connectivity index (χ3n) is 1.08. The summed E-state index contributed by atoms with van der Waals surface area (Å²) in [4.78, 5) is 3.85. The van der Waals surface area contributed by atoms with E-state index in [9.17, 15) is 0 Å². The van der Waals surface area contributed by atoms with Gasteiger partial charge < -0.3 is 0 Å². The normalized spacial score (nSPS) is 26.3. The van der Waals surface area contributed by atoms with E-state index in [2.05, 4.69) is 4.99 Å². The Hall–Kier alpha value is -0.870. The van der Waals surface area contributed by atoms with E-state index >= 15 is 0 Å². The Bertz CT molecular complexity index is 164. The van der Waals surface area contributed by atoms with Gasteiger partial charge in [-0.15, -0.1) is 0 Å². The molecule has 3 N–H and O–H groups in total. The molecule has 0 spiro atoms. The number of nitrogens with two attached hydrogens (primary N) is 1. The number of hydrogen-bond acceptors (Lipinski definition) is 4. The van der Waals surface area contributed by atoms with Gasteiger partial charge in [0.25, 0.3) is 0 Å². The van der Waals surface area contributed by atoms with E-state index in [1.807, 2.05) is 6.92 Å². The van der Waals surface area contributed by atoms with E-state index in [0.29, 0.717) is 0 Å². The predicted molar refractivity (Wildman–Crippen MR) is 33.8 cm³/mol. The van der Waals surface area contributed by atoms with E-state index in [0.717, 1.165) is 10.8 Å². The molecule has 9 heavy (non-hydrogen) atoms. The Kier molecular flexibility index (Phi) is 1.50. The maximum Gasteiger partial charge on any atom is 0.196 e. The van der Waals surface area contributed by atoms with Crippen LogP contribution in [0.25, 0.3) is 0 Å². The number of hydroxylamine groups is 2. The molecule has 1 atom stereocenters. The van der Waals surface area contributed by atoms with Crippen LogP contribution in [0.1, 0.15) is 6.92 Å². The zero-order valence-electron chi connectivity index (χ0n) is 5.15. The van der Waals surface area contributed by atoms with Gasteiger partial charge in [0.05, 0.1) is 0 Å². The fourth-order valence-corrected chi connectivity index (χ4v) is 0.583. The lowest BCUT2D eigenvalue weighted by molar-refractivity contribution is -0.0756. The van der Waals surface area contributed by atoms with Crippen LogP contribution in [-0.2, 0) is 0 Å². The Morgan fingerprint density at radius 2 is 2.56 bits per heavy atom. The van der Waals surface area contributed by atoms with Gasteiger partial charge in [-0.1, -0.05) is 0 Å². The minimum absolute atomic E-state index is 0.630. The van der Waals surface area contributed by atoms with Crippen molar-refractivity contribution in [1.29, 1.82) is 0 Å². The van der Waals surface area contributed by atoms with Crippen molar-refractivity contribution in [2.24, 2.45) is 10.7 Å². The number of hydrogen-bond donors (Lipinski definition) is 2. The number of allylic oxidation sites excluding steroid dienone is 1. The molecule has 1 unspecified atom stereocenters. The van der Waals surface area contributed by atoms with Crippen LogP contribution in [0.2, 0.25) is 0 Å². The van der Waals surface area contributed by atoms with Crippen molar-refractivity contribution in [3.05, 3.63) is 12.3 Å². The van der Waals surface area contributed by atoms with Crippen LogP contribution in [0, 0.1) is 0 Å². The second kappa shape index (κ2) is 2.16. The molecule has 4 nitrogen and oxygen atoms in total. The van der Waals surface area contributed by atoms with Gasteiger partial charge in [0.2, 0.25) is 0 Å². The average molecular weight is 127 g/mol. The third kappa shape index (κ3) is 1.28. The molecule has 0 aromatic rings. The van der Waals surface area contributed by atoms with Crippen molar-refractivity contribution in [2.45, 2.75) is 13.2 Å². The summed E-state index contributed by atoms with van der Waals surface area (Å²) in [5.41, 5.74) is 6.13. The standard InChI is InChI=1S/C5H9N3O/c1-4-2-3-8(9)5(6)7-4/h2-3,5,9H,6H2,1H3. The van der Waals surface area contributed by atoms with Gasteiger partial charge in [-0.3, -0.25) is 10.9 Å². The SMILES string of the molecule is CC1=NC(N)N(O)C=C1. The summed E-state index contributed by atoms with van der Waals surface area (Å²) in [7, 11) is 0. The molecule has 1 aliphatic rings. The maximum absolute atomic E-state index is 8.81. The zero-order chi connectivity index (χ0) is 6.85. The van der Waals surface area contributed by atoms with Crippen molar-refractivity contribution in [1.82, 2.24) is 5.06 Å². The Morgan fingerprint density at radius 3 is 3.00 bits per heavy atom. The van der Waals surface area contributed by atoms with Gasteiger partial charge in [-0.05, 0) is 13.0 Å². The lowest BCUT2D eigenvalue weighted by Gasteiger charge is -2.19. The van der Waals surface area contributed by atoms with Crippen molar-refractivity contribution >= 4 is 5.71 Å². The summed E-state index contributed by atoms with van der Waals surface area (Å²) < 4.78 is 0. The molecule has 4 heteroatoms. The van der Waals surface area contributed by atoms with Gasteiger partial charge >= 0.3 is 0 Å². The van der Waals surface area contributed by atoms with Crippen molar-refractivity contribution in [3.8, 4) is 0 Å². The van der Waals surface area contributed by atoms with Crippen LogP contribution in [-0.4, -0.2) is 22.3 Å². The summed E-state index contributed by atoms with van der Waals surface area (Å²) in [6.07, 6.45) is 2.53. The molecule has 0 amide bonds. The molecule has 0 saturated carbocycles. The Balaban J connectivity index is 2.70. The van der Waals surface area contributed by atoms with Gasteiger partial charge in [0.15, 0.2) is 6.29 Å². The molecule has 1 heterocycles. The van der Waals surface area contributed by atoms with Crippen molar-refractivity contribution in [2.75, 3.05) is 0 Å². The molecule has 0 fully saturated rings. The highest BCUT2D eigenvalue weighted by Gasteiger charge is 2.08. The smallest absolute Gasteiger partial charge is 0.196 e. The topological polar surface area (TPSA) is 61.8 Å². The van der Waals surface area contributed by atoms with E-state index in [-0.39, 0.29) is 0 Å². The molecule has 1 rings (SSSR count). The van der Waals surface area contributed by atoms with Crippen LogP contribution >= 0.6 is 0 Å². The minimum atomic E-state index is -0.630. The molecule has 1 aliphatic heterocycles. The lowest BCUT2D eigenvalue weighted by atomic mass is 10.4. The van der Waals surface area contributed by atoms with Crippen LogP contribution < -0.4 is 5.73 Å². The van der Waals surface area contributed by atoms with E-state index in [1.165, 1.54) is 6.20 Å². The van der Waals surface area contributed by atoms with E-state index in [4.69, 9.17) is 10.9 Å². The van der Waals surface area contributed by atoms with Crippen LogP contribution in [0.4, 0.5) is 0 Å². The molecule has 0 saturated heterocycles.